The number of fused-ring (bicyclic) bond motifs is 1. The normalized spacial score (nSPS) is 13.0. The maximum absolute atomic E-state index is 5.95. The zero-order valence-electron chi connectivity index (χ0n) is 8.57. The third-order valence-corrected chi connectivity index (χ3v) is 2.99. The van der Waals surface area contributed by atoms with E-state index in [1.807, 2.05) is 24.3 Å². The summed E-state index contributed by atoms with van der Waals surface area (Å²) >= 11 is 3.44. The summed E-state index contributed by atoms with van der Waals surface area (Å²) in [6, 6.07) is 10.2. The van der Waals surface area contributed by atoms with Crippen molar-refractivity contribution >= 4 is 26.8 Å². The van der Waals surface area contributed by atoms with Gasteiger partial charge in [0.1, 0.15) is 0 Å². The molecule has 0 saturated carbocycles. The van der Waals surface area contributed by atoms with Gasteiger partial charge in [0.15, 0.2) is 0 Å². The first kappa shape index (κ1) is 10.6. The van der Waals surface area contributed by atoms with Crippen LogP contribution in [0, 0.1) is 0 Å². The summed E-state index contributed by atoms with van der Waals surface area (Å²) in [6.07, 6.45) is 0.909. The van der Waals surface area contributed by atoms with Crippen LogP contribution in [0.25, 0.3) is 10.9 Å². The molecule has 0 aliphatic heterocycles. The van der Waals surface area contributed by atoms with Gasteiger partial charge in [-0.3, -0.25) is 4.98 Å². The highest BCUT2D eigenvalue weighted by atomic mass is 79.9. The summed E-state index contributed by atoms with van der Waals surface area (Å²) in [6.45, 7) is 2.07. The highest BCUT2D eigenvalue weighted by Gasteiger charge is 2.05. The Morgan fingerprint density at radius 3 is 2.80 bits per heavy atom. The van der Waals surface area contributed by atoms with Crippen LogP contribution >= 0.6 is 15.9 Å². The van der Waals surface area contributed by atoms with E-state index < -0.39 is 0 Å². The summed E-state index contributed by atoms with van der Waals surface area (Å²) in [4.78, 5) is 4.55. The number of benzene rings is 1. The molecule has 0 amide bonds. The van der Waals surface area contributed by atoms with Crippen molar-refractivity contribution in [1.29, 1.82) is 0 Å². The minimum absolute atomic E-state index is 0.0355. The van der Waals surface area contributed by atoms with Gasteiger partial charge in [-0.2, -0.15) is 0 Å². The summed E-state index contributed by atoms with van der Waals surface area (Å²) in [5.74, 6) is 0. The van der Waals surface area contributed by atoms with Crippen LogP contribution in [-0.2, 0) is 0 Å². The van der Waals surface area contributed by atoms with Gasteiger partial charge in [0.25, 0.3) is 0 Å². The van der Waals surface area contributed by atoms with Crippen LogP contribution in [0.5, 0.6) is 0 Å². The number of hydrogen-bond donors (Lipinski definition) is 1. The van der Waals surface area contributed by atoms with E-state index in [1.165, 1.54) is 0 Å². The topological polar surface area (TPSA) is 38.9 Å². The lowest BCUT2D eigenvalue weighted by Gasteiger charge is -2.08. The standard InChI is InChI=1S/C12H13BrN2/c1-2-10(14)11-6-4-8-3-5-9(13)7-12(8)15-11/h3-7,10H,2,14H2,1H3. The second-order valence-electron chi connectivity index (χ2n) is 3.59. The van der Waals surface area contributed by atoms with Gasteiger partial charge in [0.05, 0.1) is 11.2 Å². The third-order valence-electron chi connectivity index (χ3n) is 2.50. The highest BCUT2D eigenvalue weighted by molar-refractivity contribution is 9.10. The van der Waals surface area contributed by atoms with E-state index in [1.54, 1.807) is 0 Å². The fourth-order valence-corrected chi connectivity index (χ4v) is 1.87. The molecule has 0 fully saturated rings. The Kier molecular flexibility index (Phi) is 3.03. The van der Waals surface area contributed by atoms with Gasteiger partial charge in [-0.25, -0.2) is 0 Å². The zero-order valence-corrected chi connectivity index (χ0v) is 10.2. The molecule has 1 heterocycles. The summed E-state index contributed by atoms with van der Waals surface area (Å²) in [5, 5.41) is 1.14. The van der Waals surface area contributed by atoms with E-state index in [4.69, 9.17) is 5.73 Å². The van der Waals surface area contributed by atoms with Crippen molar-refractivity contribution in [2.24, 2.45) is 5.73 Å². The lowest BCUT2D eigenvalue weighted by Crippen LogP contribution is -2.10. The molecule has 0 aliphatic carbocycles. The second-order valence-corrected chi connectivity index (χ2v) is 4.50. The lowest BCUT2D eigenvalue weighted by molar-refractivity contribution is 0.679. The maximum atomic E-state index is 5.95. The van der Waals surface area contributed by atoms with Crippen LogP contribution in [0.2, 0.25) is 0 Å². The number of nitrogens with zero attached hydrogens (tertiary/aromatic N) is 1. The first-order valence-corrected chi connectivity index (χ1v) is 5.82. The largest absolute Gasteiger partial charge is 0.323 e. The van der Waals surface area contributed by atoms with Gasteiger partial charge in [-0.05, 0) is 24.6 Å². The quantitative estimate of drug-likeness (QED) is 0.903. The van der Waals surface area contributed by atoms with Gasteiger partial charge in [0.2, 0.25) is 0 Å². The van der Waals surface area contributed by atoms with E-state index >= 15 is 0 Å². The zero-order chi connectivity index (χ0) is 10.8. The molecule has 0 radical (unpaired) electrons. The number of rotatable bonds is 2. The Bertz CT molecular complexity index is 482. The minimum atomic E-state index is 0.0355. The van der Waals surface area contributed by atoms with Crippen LogP contribution in [0.1, 0.15) is 25.1 Å². The average Bonchev–Trinajstić information content (AvgIpc) is 2.27. The van der Waals surface area contributed by atoms with Gasteiger partial charge in [-0.1, -0.05) is 35.0 Å². The summed E-state index contributed by atoms with van der Waals surface area (Å²) in [7, 11) is 0. The van der Waals surface area contributed by atoms with Gasteiger partial charge in [0, 0.05) is 15.9 Å². The summed E-state index contributed by atoms with van der Waals surface area (Å²) < 4.78 is 1.05. The van der Waals surface area contributed by atoms with Crippen molar-refractivity contribution in [3.8, 4) is 0 Å². The molecule has 3 heteroatoms. The SMILES string of the molecule is CCC(N)c1ccc2ccc(Br)cc2n1. The van der Waals surface area contributed by atoms with Gasteiger partial charge < -0.3 is 5.73 Å². The Morgan fingerprint density at radius 1 is 1.33 bits per heavy atom. The molecule has 1 aromatic carbocycles. The number of nitrogens with two attached hydrogens (primary N) is 1. The molecule has 2 nitrogen and oxygen atoms in total. The molecule has 1 atom stereocenters. The van der Waals surface area contributed by atoms with Crippen LogP contribution in [0.15, 0.2) is 34.8 Å². The van der Waals surface area contributed by atoms with Crippen molar-refractivity contribution in [1.82, 2.24) is 4.98 Å². The molecule has 2 rings (SSSR count). The first-order valence-electron chi connectivity index (χ1n) is 5.02. The van der Waals surface area contributed by atoms with E-state index in [-0.39, 0.29) is 6.04 Å². The second kappa shape index (κ2) is 4.29. The Balaban J connectivity index is 2.54. The van der Waals surface area contributed by atoms with Crippen molar-refractivity contribution in [2.45, 2.75) is 19.4 Å². The number of halogens is 1. The Morgan fingerprint density at radius 2 is 2.07 bits per heavy atom. The fraction of sp³-hybridized carbons (Fsp3) is 0.250. The van der Waals surface area contributed by atoms with E-state index in [9.17, 15) is 0 Å². The molecule has 0 bridgehead atoms. The highest BCUT2D eigenvalue weighted by Crippen LogP contribution is 2.20. The molecule has 0 spiro atoms. The van der Waals surface area contributed by atoms with Crippen LogP contribution < -0.4 is 5.73 Å². The number of aromatic nitrogens is 1. The molecular formula is C12H13BrN2. The van der Waals surface area contributed by atoms with Crippen molar-refractivity contribution in [2.75, 3.05) is 0 Å². The number of pyridine rings is 1. The Labute approximate surface area is 97.6 Å². The molecule has 1 aromatic heterocycles. The molecule has 1 unspecified atom stereocenters. The molecule has 15 heavy (non-hydrogen) atoms. The molecular weight excluding hydrogens is 252 g/mol. The smallest absolute Gasteiger partial charge is 0.0717 e. The predicted octanol–water partition coefficient (Wildman–Crippen LogP) is 3.41. The van der Waals surface area contributed by atoms with Crippen molar-refractivity contribution in [3.63, 3.8) is 0 Å². The van der Waals surface area contributed by atoms with E-state index in [0.717, 1.165) is 27.5 Å². The molecule has 0 aliphatic rings. The predicted molar refractivity (Wildman–Crippen MR) is 66.7 cm³/mol. The van der Waals surface area contributed by atoms with Crippen LogP contribution in [0.3, 0.4) is 0 Å². The first-order chi connectivity index (χ1) is 7.20. The molecule has 2 aromatic rings. The number of hydrogen-bond acceptors (Lipinski definition) is 2. The van der Waals surface area contributed by atoms with E-state index in [0.29, 0.717) is 0 Å². The molecule has 78 valence electrons. The third kappa shape index (κ3) is 2.19. The lowest BCUT2D eigenvalue weighted by atomic mass is 10.1. The Hall–Kier alpha value is -0.930. The fourth-order valence-electron chi connectivity index (χ4n) is 1.52. The van der Waals surface area contributed by atoms with E-state index in [2.05, 4.69) is 33.9 Å². The van der Waals surface area contributed by atoms with Gasteiger partial charge >= 0.3 is 0 Å². The van der Waals surface area contributed by atoms with Crippen LogP contribution in [0.4, 0.5) is 0 Å². The van der Waals surface area contributed by atoms with Crippen LogP contribution in [-0.4, -0.2) is 4.98 Å². The molecule has 0 saturated heterocycles. The van der Waals surface area contributed by atoms with Gasteiger partial charge in [-0.15, -0.1) is 0 Å². The maximum Gasteiger partial charge on any atom is 0.0717 e. The minimum Gasteiger partial charge on any atom is -0.323 e. The monoisotopic (exact) mass is 264 g/mol. The molecule has 2 N–H and O–H groups in total. The van der Waals surface area contributed by atoms with Crippen molar-refractivity contribution < 1.29 is 0 Å². The van der Waals surface area contributed by atoms with Crippen molar-refractivity contribution in [3.05, 3.63) is 40.5 Å². The summed E-state index contributed by atoms with van der Waals surface area (Å²) in [5.41, 5.74) is 7.90. The average molecular weight is 265 g/mol.